The Labute approximate surface area is 150 Å². The second-order valence-corrected chi connectivity index (χ2v) is 5.45. The summed E-state index contributed by atoms with van der Waals surface area (Å²) in [5.74, 6) is 0.151. The van der Waals surface area contributed by atoms with Crippen LogP contribution in [0.2, 0.25) is 0 Å². The maximum absolute atomic E-state index is 12.3. The van der Waals surface area contributed by atoms with Crippen LogP contribution in [-0.2, 0) is 9.53 Å². The van der Waals surface area contributed by atoms with Gasteiger partial charge in [0.1, 0.15) is 0 Å². The van der Waals surface area contributed by atoms with Crippen LogP contribution in [0.5, 0.6) is 11.5 Å². The standard InChI is InChI=1S/C16H21N3O7/c1-3-25-16(21)18-8-6-17(7-9-18)15(20)11-26-14-10-12(19(22)23)4-5-13(14)24-2/h4-5,10H,3,6-9,11H2,1-2H3. The molecule has 1 saturated heterocycles. The zero-order chi connectivity index (χ0) is 19.1. The lowest BCUT2D eigenvalue weighted by Gasteiger charge is -2.33. The largest absolute Gasteiger partial charge is 0.493 e. The Morgan fingerprint density at radius 3 is 2.38 bits per heavy atom. The lowest BCUT2D eigenvalue weighted by molar-refractivity contribution is -0.385. The quantitative estimate of drug-likeness (QED) is 0.550. The molecule has 1 heterocycles. The molecule has 1 aromatic rings. The van der Waals surface area contributed by atoms with Crippen molar-refractivity contribution in [2.45, 2.75) is 6.92 Å². The Bertz CT molecular complexity index is 672. The van der Waals surface area contributed by atoms with Gasteiger partial charge in [0.15, 0.2) is 18.1 Å². The van der Waals surface area contributed by atoms with Gasteiger partial charge in [0.05, 0.1) is 24.7 Å². The third kappa shape index (κ3) is 4.74. The molecule has 0 aliphatic carbocycles. The first-order chi connectivity index (χ1) is 12.5. The molecule has 0 bridgehead atoms. The Hall–Kier alpha value is -3.04. The fraction of sp³-hybridized carbons (Fsp3) is 0.500. The SMILES string of the molecule is CCOC(=O)N1CCN(C(=O)COc2cc([N+](=O)[O-])ccc2OC)CC1. The fourth-order valence-corrected chi connectivity index (χ4v) is 2.48. The molecule has 0 radical (unpaired) electrons. The molecule has 1 aliphatic rings. The zero-order valence-corrected chi connectivity index (χ0v) is 14.7. The number of amides is 2. The number of nitro benzene ring substituents is 1. The maximum atomic E-state index is 12.3. The Morgan fingerprint density at radius 2 is 1.81 bits per heavy atom. The Morgan fingerprint density at radius 1 is 1.15 bits per heavy atom. The van der Waals surface area contributed by atoms with E-state index in [9.17, 15) is 19.7 Å². The summed E-state index contributed by atoms with van der Waals surface area (Å²) in [6, 6.07) is 3.92. The van der Waals surface area contributed by atoms with Crippen LogP contribution in [0, 0.1) is 10.1 Å². The van der Waals surface area contributed by atoms with Gasteiger partial charge < -0.3 is 24.0 Å². The summed E-state index contributed by atoms with van der Waals surface area (Å²) in [7, 11) is 1.41. The highest BCUT2D eigenvalue weighted by Crippen LogP contribution is 2.31. The summed E-state index contributed by atoms with van der Waals surface area (Å²) in [6.07, 6.45) is -0.391. The summed E-state index contributed by atoms with van der Waals surface area (Å²) in [4.78, 5) is 37.4. The molecule has 0 unspecified atom stereocenters. The summed E-state index contributed by atoms with van der Waals surface area (Å²) >= 11 is 0. The van der Waals surface area contributed by atoms with Gasteiger partial charge in [-0.3, -0.25) is 14.9 Å². The van der Waals surface area contributed by atoms with Crippen LogP contribution in [0.3, 0.4) is 0 Å². The Kier molecular flexibility index (Phi) is 6.59. The number of ether oxygens (including phenoxy) is 3. The van der Waals surface area contributed by atoms with Gasteiger partial charge in [0.25, 0.3) is 11.6 Å². The summed E-state index contributed by atoms with van der Waals surface area (Å²) < 4.78 is 15.4. The van der Waals surface area contributed by atoms with Crippen LogP contribution in [0.4, 0.5) is 10.5 Å². The molecule has 10 nitrogen and oxygen atoms in total. The molecule has 1 fully saturated rings. The molecule has 2 rings (SSSR count). The smallest absolute Gasteiger partial charge is 0.409 e. The number of carbonyl (C=O) groups excluding carboxylic acids is 2. The highest BCUT2D eigenvalue weighted by atomic mass is 16.6. The topological polar surface area (TPSA) is 111 Å². The van der Waals surface area contributed by atoms with E-state index >= 15 is 0 Å². The van der Waals surface area contributed by atoms with E-state index in [0.29, 0.717) is 38.5 Å². The van der Waals surface area contributed by atoms with E-state index in [1.807, 2.05) is 0 Å². The molecular weight excluding hydrogens is 346 g/mol. The van der Waals surface area contributed by atoms with Crippen molar-refractivity contribution < 1.29 is 28.7 Å². The first-order valence-electron chi connectivity index (χ1n) is 8.11. The summed E-state index contributed by atoms with van der Waals surface area (Å²) in [5.41, 5.74) is -0.156. The van der Waals surface area contributed by atoms with Gasteiger partial charge in [0, 0.05) is 32.2 Å². The number of benzene rings is 1. The normalized spacial score (nSPS) is 13.9. The summed E-state index contributed by atoms with van der Waals surface area (Å²) in [6.45, 7) is 3.25. The minimum atomic E-state index is -0.553. The predicted octanol–water partition coefficient (Wildman–Crippen LogP) is 1.28. The van der Waals surface area contributed by atoms with Crippen LogP contribution >= 0.6 is 0 Å². The molecule has 26 heavy (non-hydrogen) atoms. The lowest BCUT2D eigenvalue weighted by Crippen LogP contribution is -2.51. The van der Waals surface area contributed by atoms with Crippen molar-refractivity contribution >= 4 is 17.7 Å². The van der Waals surface area contributed by atoms with E-state index < -0.39 is 11.0 Å². The van der Waals surface area contributed by atoms with Gasteiger partial charge >= 0.3 is 6.09 Å². The molecule has 0 atom stereocenters. The minimum Gasteiger partial charge on any atom is -0.493 e. The molecule has 0 N–H and O–H groups in total. The van der Waals surface area contributed by atoms with E-state index in [1.54, 1.807) is 11.8 Å². The molecule has 0 aromatic heterocycles. The molecule has 2 amide bonds. The number of non-ortho nitro benzene ring substituents is 1. The molecular formula is C16H21N3O7. The van der Waals surface area contributed by atoms with Crippen molar-refractivity contribution in [3.63, 3.8) is 0 Å². The number of carbonyl (C=O) groups is 2. The molecule has 1 aliphatic heterocycles. The van der Waals surface area contributed by atoms with Crippen molar-refractivity contribution in [3.05, 3.63) is 28.3 Å². The number of hydrogen-bond donors (Lipinski definition) is 0. The Balaban J connectivity index is 1.90. The zero-order valence-electron chi connectivity index (χ0n) is 14.7. The number of nitro groups is 1. The number of methoxy groups -OCH3 is 1. The van der Waals surface area contributed by atoms with Gasteiger partial charge in [-0.1, -0.05) is 0 Å². The van der Waals surface area contributed by atoms with Crippen molar-refractivity contribution in [2.75, 3.05) is 46.5 Å². The van der Waals surface area contributed by atoms with Crippen LogP contribution in [0.1, 0.15) is 6.92 Å². The van der Waals surface area contributed by atoms with Gasteiger partial charge in [-0.25, -0.2) is 4.79 Å². The average Bonchev–Trinajstić information content (AvgIpc) is 2.66. The molecule has 142 valence electrons. The maximum Gasteiger partial charge on any atom is 0.409 e. The summed E-state index contributed by atoms with van der Waals surface area (Å²) in [5, 5.41) is 10.9. The van der Waals surface area contributed by atoms with Crippen LogP contribution in [0.15, 0.2) is 18.2 Å². The van der Waals surface area contributed by atoms with Crippen molar-refractivity contribution in [1.29, 1.82) is 0 Å². The third-order valence-corrected chi connectivity index (χ3v) is 3.87. The fourth-order valence-electron chi connectivity index (χ4n) is 2.48. The predicted molar refractivity (Wildman–Crippen MR) is 90.3 cm³/mol. The van der Waals surface area contributed by atoms with E-state index in [-0.39, 0.29) is 24.0 Å². The molecule has 10 heteroatoms. The number of piperazine rings is 1. The van der Waals surface area contributed by atoms with E-state index in [2.05, 4.69) is 0 Å². The van der Waals surface area contributed by atoms with Gasteiger partial charge in [-0.15, -0.1) is 0 Å². The van der Waals surface area contributed by atoms with E-state index in [1.165, 1.54) is 30.2 Å². The number of nitrogens with zero attached hydrogens (tertiary/aromatic N) is 3. The van der Waals surface area contributed by atoms with Gasteiger partial charge in [0.2, 0.25) is 0 Å². The second-order valence-electron chi connectivity index (χ2n) is 5.45. The highest BCUT2D eigenvalue weighted by Gasteiger charge is 2.25. The van der Waals surface area contributed by atoms with Crippen LogP contribution < -0.4 is 9.47 Å². The van der Waals surface area contributed by atoms with Crippen LogP contribution in [-0.4, -0.2) is 73.2 Å². The minimum absolute atomic E-state index is 0.125. The number of rotatable bonds is 6. The second kappa shape index (κ2) is 8.88. The first-order valence-corrected chi connectivity index (χ1v) is 8.11. The van der Waals surface area contributed by atoms with Crippen molar-refractivity contribution in [2.24, 2.45) is 0 Å². The highest BCUT2D eigenvalue weighted by molar-refractivity contribution is 5.78. The van der Waals surface area contributed by atoms with E-state index in [4.69, 9.17) is 14.2 Å². The van der Waals surface area contributed by atoms with E-state index in [0.717, 1.165) is 0 Å². The molecule has 0 saturated carbocycles. The first kappa shape index (κ1) is 19.3. The van der Waals surface area contributed by atoms with Gasteiger partial charge in [-0.2, -0.15) is 0 Å². The lowest BCUT2D eigenvalue weighted by atomic mass is 10.3. The molecule has 1 aromatic carbocycles. The average molecular weight is 367 g/mol. The third-order valence-electron chi connectivity index (χ3n) is 3.87. The van der Waals surface area contributed by atoms with Crippen molar-refractivity contribution in [3.8, 4) is 11.5 Å². The van der Waals surface area contributed by atoms with Crippen LogP contribution in [0.25, 0.3) is 0 Å². The van der Waals surface area contributed by atoms with Crippen molar-refractivity contribution in [1.82, 2.24) is 9.80 Å². The monoisotopic (exact) mass is 367 g/mol. The molecule has 0 spiro atoms. The number of hydrogen-bond acceptors (Lipinski definition) is 7. The van der Waals surface area contributed by atoms with Gasteiger partial charge in [-0.05, 0) is 13.0 Å².